The molecule has 2 aromatic carbocycles. The molecule has 8 nitrogen and oxygen atoms in total. The number of aryl methyl sites for hydroxylation is 1. The number of carbonyl (C=O) groups is 2. The molecule has 0 spiro atoms. The van der Waals surface area contributed by atoms with Gasteiger partial charge in [0.25, 0.3) is 10.0 Å². The fourth-order valence-electron chi connectivity index (χ4n) is 3.37. The molecule has 3 aromatic rings. The van der Waals surface area contributed by atoms with Crippen LogP contribution in [0.5, 0.6) is 0 Å². The van der Waals surface area contributed by atoms with Crippen LogP contribution in [0.25, 0.3) is 16.9 Å². The number of alkyl halides is 3. The van der Waals surface area contributed by atoms with Gasteiger partial charge < -0.3 is 4.74 Å². The third kappa shape index (κ3) is 6.60. The molecular weight excluding hydrogens is 523 g/mol. The number of ether oxygens (including phenoxy) is 1. The summed E-state index contributed by atoms with van der Waals surface area (Å²) < 4.78 is 73.7. The maximum atomic E-state index is 13.5. The van der Waals surface area contributed by atoms with Crippen molar-refractivity contribution in [2.45, 2.75) is 57.7 Å². The van der Waals surface area contributed by atoms with Gasteiger partial charge in [0.2, 0.25) is 0 Å². The van der Waals surface area contributed by atoms with E-state index in [1.165, 1.54) is 19.1 Å². The van der Waals surface area contributed by atoms with Crippen molar-refractivity contribution in [1.29, 1.82) is 0 Å². The standard InChI is InChI=1S/C26H28F3N3O5S/c1-6-20(33)16-31(24(34)37-25(3,4)5)38(35,36)21-13-11-19(12-14-21)32-22(15-23(30-32)26(27,28)29)18-9-7-17(2)8-10-18/h7-15H,6,16H2,1-5H3. The predicted octanol–water partition coefficient (Wildman–Crippen LogP) is 5.77. The van der Waals surface area contributed by atoms with Crippen molar-refractivity contribution in [2.75, 3.05) is 6.54 Å². The van der Waals surface area contributed by atoms with Gasteiger partial charge in [-0.25, -0.2) is 17.9 Å². The Labute approximate surface area is 219 Å². The first-order chi connectivity index (χ1) is 17.5. The maximum absolute atomic E-state index is 13.5. The van der Waals surface area contributed by atoms with Crippen LogP contribution in [0.4, 0.5) is 18.0 Å². The van der Waals surface area contributed by atoms with Crippen molar-refractivity contribution in [1.82, 2.24) is 14.1 Å². The molecule has 12 heteroatoms. The van der Waals surface area contributed by atoms with Crippen LogP contribution in [0.2, 0.25) is 0 Å². The number of aromatic nitrogens is 2. The predicted molar refractivity (Wildman–Crippen MR) is 134 cm³/mol. The van der Waals surface area contributed by atoms with Crippen LogP contribution in [0.15, 0.2) is 59.5 Å². The zero-order valence-corrected chi connectivity index (χ0v) is 22.4. The molecule has 0 bridgehead atoms. The van der Waals surface area contributed by atoms with Crippen LogP contribution in [0.1, 0.15) is 45.4 Å². The Morgan fingerprint density at radius 1 is 1.00 bits per heavy atom. The topological polar surface area (TPSA) is 98.6 Å². The van der Waals surface area contributed by atoms with Gasteiger partial charge in [-0.1, -0.05) is 36.8 Å². The molecule has 0 N–H and O–H groups in total. The minimum absolute atomic E-state index is 0.00359. The van der Waals surface area contributed by atoms with Gasteiger partial charge in [0, 0.05) is 12.0 Å². The molecule has 1 amide bonds. The first-order valence-electron chi connectivity index (χ1n) is 11.6. The largest absolute Gasteiger partial charge is 0.443 e. The number of ketones is 1. The van der Waals surface area contributed by atoms with Gasteiger partial charge in [-0.05, 0) is 58.0 Å². The Morgan fingerprint density at radius 2 is 1.58 bits per heavy atom. The molecule has 0 unspecified atom stereocenters. The Morgan fingerprint density at radius 3 is 2.08 bits per heavy atom. The van der Waals surface area contributed by atoms with E-state index in [0.717, 1.165) is 28.4 Å². The molecule has 38 heavy (non-hydrogen) atoms. The lowest BCUT2D eigenvalue weighted by atomic mass is 10.1. The Bertz CT molecular complexity index is 1420. The molecule has 204 valence electrons. The Balaban J connectivity index is 2.05. The molecule has 1 aromatic heterocycles. The van der Waals surface area contributed by atoms with E-state index >= 15 is 0 Å². The molecule has 0 radical (unpaired) electrons. The summed E-state index contributed by atoms with van der Waals surface area (Å²) in [5.74, 6) is -0.505. The summed E-state index contributed by atoms with van der Waals surface area (Å²) >= 11 is 0. The third-order valence-corrected chi connectivity index (χ3v) is 7.05. The van der Waals surface area contributed by atoms with E-state index < -0.39 is 45.9 Å². The molecular formula is C26H28F3N3O5S. The normalized spacial score (nSPS) is 12.3. The van der Waals surface area contributed by atoms with Gasteiger partial charge in [0.1, 0.15) is 5.60 Å². The molecule has 0 saturated carbocycles. The number of carbonyl (C=O) groups excluding carboxylic acids is 2. The number of hydrogen-bond donors (Lipinski definition) is 0. The van der Waals surface area contributed by atoms with Crippen LogP contribution >= 0.6 is 0 Å². The second-order valence-electron chi connectivity index (χ2n) is 9.57. The minimum atomic E-state index is -4.70. The first kappa shape index (κ1) is 28.9. The van der Waals surface area contributed by atoms with Crippen LogP contribution < -0.4 is 0 Å². The lowest BCUT2D eigenvalue weighted by Gasteiger charge is -2.26. The van der Waals surface area contributed by atoms with E-state index in [1.54, 1.807) is 45.0 Å². The zero-order valence-electron chi connectivity index (χ0n) is 21.5. The van der Waals surface area contributed by atoms with Crippen LogP contribution in [-0.2, 0) is 25.7 Å². The quantitative estimate of drug-likeness (QED) is 0.370. The lowest BCUT2D eigenvalue weighted by Crippen LogP contribution is -2.43. The summed E-state index contributed by atoms with van der Waals surface area (Å²) in [6.45, 7) is 7.31. The third-order valence-electron chi connectivity index (χ3n) is 5.33. The molecule has 0 fully saturated rings. The summed E-state index contributed by atoms with van der Waals surface area (Å²) in [7, 11) is -4.53. The van der Waals surface area contributed by atoms with Crippen LogP contribution in [0, 0.1) is 6.92 Å². The molecule has 0 aliphatic rings. The second kappa shape index (κ2) is 10.6. The smallest absolute Gasteiger partial charge is 0.435 e. The van der Waals surface area contributed by atoms with E-state index in [4.69, 9.17) is 4.74 Å². The number of Topliss-reactive ketones (excluding diaryl/α,β-unsaturated/α-hetero) is 1. The molecule has 0 saturated heterocycles. The van der Waals surface area contributed by atoms with Gasteiger partial charge in [-0.2, -0.15) is 22.6 Å². The SMILES string of the molecule is CCC(=O)CN(C(=O)OC(C)(C)C)S(=O)(=O)c1ccc(-n2nc(C(F)(F)F)cc2-c2ccc(C)cc2)cc1. The highest BCUT2D eigenvalue weighted by molar-refractivity contribution is 7.89. The van der Waals surface area contributed by atoms with Crippen molar-refractivity contribution in [3.63, 3.8) is 0 Å². The summed E-state index contributed by atoms with van der Waals surface area (Å²) in [6.07, 6.45) is -5.92. The van der Waals surface area contributed by atoms with Crippen LogP contribution in [-0.4, -0.2) is 46.5 Å². The highest BCUT2D eigenvalue weighted by Crippen LogP contribution is 2.33. The number of hydrogen-bond acceptors (Lipinski definition) is 6. The average Bonchev–Trinajstić information content (AvgIpc) is 3.28. The number of rotatable bonds is 7. The van der Waals surface area contributed by atoms with E-state index in [2.05, 4.69) is 5.10 Å². The van der Waals surface area contributed by atoms with Crippen molar-refractivity contribution >= 4 is 21.9 Å². The van der Waals surface area contributed by atoms with Crippen LogP contribution in [0.3, 0.4) is 0 Å². The average molecular weight is 552 g/mol. The van der Waals surface area contributed by atoms with Crippen molar-refractivity contribution in [3.8, 4) is 16.9 Å². The molecule has 0 aliphatic carbocycles. The zero-order chi connectivity index (χ0) is 28.5. The number of nitrogens with zero attached hydrogens (tertiary/aromatic N) is 3. The van der Waals surface area contributed by atoms with Crippen molar-refractivity contribution < 1.29 is 35.9 Å². The van der Waals surface area contributed by atoms with Gasteiger partial charge in [0.05, 0.1) is 22.8 Å². The van der Waals surface area contributed by atoms with E-state index in [1.807, 2.05) is 6.92 Å². The van der Waals surface area contributed by atoms with Gasteiger partial charge >= 0.3 is 12.3 Å². The van der Waals surface area contributed by atoms with Gasteiger partial charge in [0.15, 0.2) is 11.5 Å². The molecule has 0 atom stereocenters. The summed E-state index contributed by atoms with van der Waals surface area (Å²) in [6, 6.07) is 12.5. The summed E-state index contributed by atoms with van der Waals surface area (Å²) in [5, 5.41) is 3.71. The summed E-state index contributed by atoms with van der Waals surface area (Å²) in [4.78, 5) is 24.4. The van der Waals surface area contributed by atoms with Gasteiger partial charge in [-0.15, -0.1) is 0 Å². The van der Waals surface area contributed by atoms with Crippen molar-refractivity contribution in [3.05, 3.63) is 65.9 Å². The Kier molecular flexibility index (Phi) is 8.06. The van der Waals surface area contributed by atoms with E-state index in [0.29, 0.717) is 9.87 Å². The lowest BCUT2D eigenvalue weighted by molar-refractivity contribution is -0.141. The highest BCUT2D eigenvalue weighted by atomic mass is 32.2. The fourth-order valence-corrected chi connectivity index (χ4v) is 4.65. The number of halogens is 3. The number of amides is 1. The molecule has 0 aliphatic heterocycles. The Hall–Kier alpha value is -3.67. The second-order valence-corrected chi connectivity index (χ2v) is 11.4. The van der Waals surface area contributed by atoms with E-state index in [-0.39, 0.29) is 22.7 Å². The maximum Gasteiger partial charge on any atom is 0.435 e. The minimum Gasteiger partial charge on any atom is -0.443 e. The van der Waals surface area contributed by atoms with E-state index in [9.17, 15) is 31.2 Å². The van der Waals surface area contributed by atoms with Crippen molar-refractivity contribution in [2.24, 2.45) is 0 Å². The highest BCUT2D eigenvalue weighted by Gasteiger charge is 2.36. The monoisotopic (exact) mass is 551 g/mol. The summed E-state index contributed by atoms with van der Waals surface area (Å²) in [5.41, 5.74) is -0.433. The first-order valence-corrected chi connectivity index (χ1v) is 13.1. The van der Waals surface area contributed by atoms with Gasteiger partial charge in [-0.3, -0.25) is 4.79 Å². The number of benzene rings is 2. The molecule has 3 rings (SSSR count). The molecule has 1 heterocycles. The fraction of sp³-hybridized carbons (Fsp3) is 0.346. The number of sulfonamides is 1.